The number of H-pyrrole nitrogens is 1. The number of hydrogen-bond acceptors (Lipinski definition) is 3. The quantitative estimate of drug-likeness (QED) is 0.174. The summed E-state index contributed by atoms with van der Waals surface area (Å²) in [7, 11) is 0. The van der Waals surface area contributed by atoms with Crippen LogP contribution < -0.4 is 4.74 Å². The van der Waals surface area contributed by atoms with E-state index in [1.807, 2.05) is 30.6 Å². The van der Waals surface area contributed by atoms with Gasteiger partial charge in [0.2, 0.25) is 0 Å². The minimum Gasteiger partial charge on any atom is -0.427 e. The fourth-order valence-electron chi connectivity index (χ4n) is 4.60. The van der Waals surface area contributed by atoms with Gasteiger partial charge in [0.05, 0.1) is 5.52 Å². The van der Waals surface area contributed by atoms with E-state index in [0.29, 0.717) is 12.2 Å². The van der Waals surface area contributed by atoms with Crippen molar-refractivity contribution in [2.75, 3.05) is 0 Å². The zero-order valence-electron chi connectivity index (χ0n) is 18.9. The van der Waals surface area contributed by atoms with E-state index >= 15 is 0 Å². The molecule has 0 aliphatic heterocycles. The summed E-state index contributed by atoms with van der Waals surface area (Å²) in [5.41, 5.74) is 4.60. The van der Waals surface area contributed by atoms with E-state index in [9.17, 15) is 4.79 Å². The van der Waals surface area contributed by atoms with Crippen molar-refractivity contribution >= 4 is 38.5 Å². The Morgan fingerprint density at radius 3 is 2.52 bits per heavy atom. The number of ether oxygens (including phenoxy) is 1. The van der Waals surface area contributed by atoms with Crippen LogP contribution in [-0.2, 0) is 4.79 Å². The van der Waals surface area contributed by atoms with Crippen LogP contribution in [0.25, 0.3) is 32.6 Å². The lowest BCUT2D eigenvalue weighted by Gasteiger charge is -2.08. The van der Waals surface area contributed by atoms with Crippen molar-refractivity contribution in [3.05, 3.63) is 47.8 Å². The third kappa shape index (κ3) is 4.43. The molecule has 2 aromatic heterocycles. The number of aromatic amines is 1. The number of unbranched alkanes of at least 4 members (excludes halogenated alkanes) is 6. The Bertz CT molecular complexity index is 1220. The predicted molar refractivity (Wildman–Crippen MR) is 129 cm³/mol. The second kappa shape index (κ2) is 9.51. The number of esters is 1. The molecule has 2 heterocycles. The Labute approximate surface area is 184 Å². The summed E-state index contributed by atoms with van der Waals surface area (Å²) in [6.45, 7) is 6.51. The molecule has 0 unspecified atom stereocenters. The van der Waals surface area contributed by atoms with Crippen molar-refractivity contribution in [3.8, 4) is 5.75 Å². The molecule has 0 saturated carbocycles. The van der Waals surface area contributed by atoms with Gasteiger partial charge in [0, 0.05) is 40.5 Å². The fourth-order valence-corrected chi connectivity index (χ4v) is 4.60. The third-order valence-electron chi connectivity index (χ3n) is 6.37. The second-order valence-corrected chi connectivity index (χ2v) is 8.60. The molecule has 0 bridgehead atoms. The summed E-state index contributed by atoms with van der Waals surface area (Å²) >= 11 is 0. The van der Waals surface area contributed by atoms with Crippen molar-refractivity contribution in [3.63, 3.8) is 0 Å². The van der Waals surface area contributed by atoms with Gasteiger partial charge in [-0.1, -0.05) is 45.4 Å². The van der Waals surface area contributed by atoms with Crippen LogP contribution in [0.15, 0.2) is 36.7 Å². The Morgan fingerprint density at radius 2 is 1.71 bits per heavy atom. The van der Waals surface area contributed by atoms with E-state index in [4.69, 9.17) is 4.74 Å². The molecule has 4 heteroatoms. The number of benzene rings is 2. The fraction of sp³-hybridized carbons (Fsp3) is 0.407. The molecule has 0 amide bonds. The van der Waals surface area contributed by atoms with Crippen molar-refractivity contribution < 1.29 is 9.53 Å². The first-order valence-corrected chi connectivity index (χ1v) is 11.6. The minimum atomic E-state index is -0.143. The topological polar surface area (TPSA) is 55.0 Å². The van der Waals surface area contributed by atoms with Gasteiger partial charge in [0.1, 0.15) is 5.75 Å². The van der Waals surface area contributed by atoms with E-state index < -0.39 is 0 Å². The molecular weight excluding hydrogens is 384 g/mol. The summed E-state index contributed by atoms with van der Waals surface area (Å²) in [4.78, 5) is 20.2. The van der Waals surface area contributed by atoms with E-state index in [-0.39, 0.29) is 5.97 Å². The molecule has 0 fully saturated rings. The first-order valence-electron chi connectivity index (χ1n) is 11.6. The summed E-state index contributed by atoms with van der Waals surface area (Å²) in [5.74, 6) is 0.472. The van der Waals surface area contributed by atoms with Crippen LogP contribution in [0.1, 0.15) is 69.4 Å². The molecule has 2 aromatic carbocycles. The largest absolute Gasteiger partial charge is 0.427 e. The number of carbonyl (C=O) groups excluding carboxylic acids is 1. The van der Waals surface area contributed by atoms with Gasteiger partial charge in [-0.15, -0.1) is 0 Å². The highest BCUT2D eigenvalue weighted by Gasteiger charge is 2.15. The molecule has 31 heavy (non-hydrogen) atoms. The molecule has 4 aromatic rings. The highest BCUT2D eigenvalue weighted by Crippen LogP contribution is 2.37. The maximum atomic E-state index is 12.3. The van der Waals surface area contributed by atoms with Gasteiger partial charge >= 0.3 is 5.97 Å². The third-order valence-corrected chi connectivity index (χ3v) is 6.37. The first-order chi connectivity index (χ1) is 15.1. The standard InChI is InChI=1S/C27H32N2O2/c1-4-5-6-7-8-9-10-11-25(30)31-20-12-13-24-22(16-20)26-18(2)23-17-28-15-14-21(23)19(3)27(26)29-24/h12-17,29H,4-11H2,1-3H3. The zero-order valence-corrected chi connectivity index (χ0v) is 18.9. The van der Waals surface area contributed by atoms with Crippen LogP contribution in [0.4, 0.5) is 0 Å². The maximum Gasteiger partial charge on any atom is 0.311 e. The first kappa shape index (κ1) is 21.4. The summed E-state index contributed by atoms with van der Waals surface area (Å²) in [6, 6.07) is 7.95. The normalized spacial score (nSPS) is 11.6. The summed E-state index contributed by atoms with van der Waals surface area (Å²) in [5, 5.41) is 4.64. The van der Waals surface area contributed by atoms with Gasteiger partial charge in [-0.2, -0.15) is 0 Å². The van der Waals surface area contributed by atoms with Crippen LogP contribution in [-0.4, -0.2) is 15.9 Å². The molecule has 0 radical (unpaired) electrons. The van der Waals surface area contributed by atoms with Crippen molar-refractivity contribution in [1.29, 1.82) is 0 Å². The lowest BCUT2D eigenvalue weighted by molar-refractivity contribution is -0.134. The zero-order chi connectivity index (χ0) is 21.8. The van der Waals surface area contributed by atoms with E-state index in [2.05, 4.69) is 36.8 Å². The second-order valence-electron chi connectivity index (χ2n) is 8.60. The molecule has 1 N–H and O–H groups in total. The van der Waals surface area contributed by atoms with Gasteiger partial charge in [-0.25, -0.2) is 0 Å². The lowest BCUT2D eigenvalue weighted by atomic mass is 9.97. The molecule has 0 atom stereocenters. The molecule has 4 nitrogen and oxygen atoms in total. The Morgan fingerprint density at radius 1 is 0.935 bits per heavy atom. The van der Waals surface area contributed by atoms with Crippen molar-refractivity contribution in [1.82, 2.24) is 9.97 Å². The van der Waals surface area contributed by atoms with Gasteiger partial charge in [0.15, 0.2) is 0 Å². The molecule has 0 spiro atoms. The van der Waals surface area contributed by atoms with Crippen molar-refractivity contribution in [2.24, 2.45) is 0 Å². The van der Waals surface area contributed by atoms with E-state index in [1.54, 1.807) is 0 Å². The van der Waals surface area contributed by atoms with Crippen LogP contribution in [0.3, 0.4) is 0 Å². The number of hydrogen-bond donors (Lipinski definition) is 1. The van der Waals surface area contributed by atoms with Crippen LogP contribution in [0.2, 0.25) is 0 Å². The summed E-state index contributed by atoms with van der Waals surface area (Å²) in [6.07, 6.45) is 12.6. The SMILES string of the molecule is CCCCCCCCCC(=O)Oc1ccc2[nH]c3c(C)c4ccncc4c(C)c3c2c1. The Kier molecular flexibility index (Phi) is 6.55. The number of aryl methyl sites for hydroxylation is 2. The van der Waals surface area contributed by atoms with Crippen LogP contribution >= 0.6 is 0 Å². The van der Waals surface area contributed by atoms with Crippen LogP contribution in [0.5, 0.6) is 5.75 Å². The highest BCUT2D eigenvalue weighted by atomic mass is 16.5. The van der Waals surface area contributed by atoms with Crippen molar-refractivity contribution in [2.45, 2.75) is 72.1 Å². The van der Waals surface area contributed by atoms with E-state index in [1.165, 1.54) is 54.0 Å². The monoisotopic (exact) mass is 416 g/mol. The summed E-state index contributed by atoms with van der Waals surface area (Å²) < 4.78 is 5.68. The number of rotatable bonds is 9. The molecule has 0 saturated heterocycles. The molecular formula is C27H32N2O2. The van der Waals surface area contributed by atoms with Crippen LogP contribution in [0, 0.1) is 13.8 Å². The maximum absolute atomic E-state index is 12.3. The van der Waals surface area contributed by atoms with Gasteiger partial charge < -0.3 is 9.72 Å². The van der Waals surface area contributed by atoms with Gasteiger partial charge in [-0.3, -0.25) is 9.78 Å². The Balaban J connectivity index is 1.51. The lowest BCUT2D eigenvalue weighted by Crippen LogP contribution is -2.07. The molecule has 0 aliphatic carbocycles. The number of nitrogens with one attached hydrogen (secondary N) is 1. The minimum absolute atomic E-state index is 0.143. The number of pyridine rings is 1. The molecule has 0 aliphatic rings. The number of nitrogens with zero attached hydrogens (tertiary/aromatic N) is 1. The van der Waals surface area contributed by atoms with Gasteiger partial charge in [0.25, 0.3) is 0 Å². The molecule has 4 rings (SSSR count). The smallest absolute Gasteiger partial charge is 0.311 e. The van der Waals surface area contributed by atoms with Gasteiger partial charge in [-0.05, 0) is 61.0 Å². The predicted octanol–water partition coefficient (Wildman–Crippen LogP) is 7.53. The average molecular weight is 417 g/mol. The Hall–Kier alpha value is -2.88. The number of carbonyl (C=O) groups is 1. The number of fused-ring (bicyclic) bond motifs is 4. The van der Waals surface area contributed by atoms with E-state index in [0.717, 1.165) is 34.6 Å². The molecule has 162 valence electrons. The average Bonchev–Trinajstić information content (AvgIpc) is 3.16. The highest BCUT2D eigenvalue weighted by molar-refractivity contribution is 6.16. The number of aromatic nitrogens is 2.